The van der Waals surface area contributed by atoms with E-state index in [1.807, 2.05) is 0 Å². The lowest BCUT2D eigenvalue weighted by Crippen LogP contribution is -2.27. The second kappa shape index (κ2) is 5.58. The molecule has 0 heterocycles. The molecule has 0 saturated carbocycles. The highest BCUT2D eigenvalue weighted by Gasteiger charge is 2.23. The molecule has 0 spiro atoms. The van der Waals surface area contributed by atoms with Gasteiger partial charge in [0, 0.05) is 0 Å². The van der Waals surface area contributed by atoms with Crippen molar-refractivity contribution in [3.63, 3.8) is 0 Å². The van der Waals surface area contributed by atoms with E-state index >= 15 is 0 Å². The molecule has 0 bridgehead atoms. The molecule has 0 aliphatic rings. The van der Waals surface area contributed by atoms with Crippen molar-refractivity contribution in [1.29, 1.82) is 0 Å². The van der Waals surface area contributed by atoms with Crippen molar-refractivity contribution in [2.75, 3.05) is 13.1 Å². The van der Waals surface area contributed by atoms with E-state index in [1.165, 1.54) is 12.8 Å². The first-order valence-electron chi connectivity index (χ1n) is 5.25. The van der Waals surface area contributed by atoms with E-state index < -0.39 is 0 Å². The van der Waals surface area contributed by atoms with Crippen LogP contribution in [0.2, 0.25) is 0 Å². The van der Waals surface area contributed by atoms with E-state index in [4.69, 9.17) is 0 Å². The highest BCUT2D eigenvalue weighted by molar-refractivity contribution is 4.75. The van der Waals surface area contributed by atoms with E-state index in [0.717, 1.165) is 19.0 Å². The maximum atomic E-state index is 3.38. The summed E-state index contributed by atoms with van der Waals surface area (Å²) in [7, 11) is 0. The second-order valence-electron chi connectivity index (χ2n) is 4.40. The Labute approximate surface area is 77.9 Å². The first-order chi connectivity index (χ1) is 5.54. The molecule has 1 atom stereocenters. The van der Waals surface area contributed by atoms with Gasteiger partial charge < -0.3 is 5.32 Å². The summed E-state index contributed by atoms with van der Waals surface area (Å²) in [5.41, 5.74) is 0.497. The average molecular weight is 171 g/mol. The molecule has 0 aliphatic carbocycles. The van der Waals surface area contributed by atoms with Crippen LogP contribution in [0.15, 0.2) is 0 Å². The quantitative estimate of drug-likeness (QED) is 0.606. The van der Waals surface area contributed by atoms with Gasteiger partial charge in [0.15, 0.2) is 0 Å². The molecule has 0 aromatic rings. The Morgan fingerprint density at radius 2 is 1.83 bits per heavy atom. The van der Waals surface area contributed by atoms with Gasteiger partial charge in [0.25, 0.3) is 0 Å². The second-order valence-corrected chi connectivity index (χ2v) is 4.40. The third kappa shape index (κ3) is 4.10. The Hall–Kier alpha value is -0.0400. The van der Waals surface area contributed by atoms with E-state index in [2.05, 4.69) is 39.9 Å². The maximum Gasteiger partial charge on any atom is -0.00438 e. The molecular weight excluding hydrogens is 146 g/mol. The number of hydrogen-bond acceptors (Lipinski definition) is 1. The van der Waals surface area contributed by atoms with Crippen molar-refractivity contribution in [3.05, 3.63) is 0 Å². The fraction of sp³-hybridized carbons (Fsp3) is 1.00. The first kappa shape index (κ1) is 12.0. The summed E-state index contributed by atoms with van der Waals surface area (Å²) >= 11 is 0. The molecule has 0 aromatic heterocycles. The Bertz CT molecular complexity index is 108. The highest BCUT2D eigenvalue weighted by Crippen LogP contribution is 2.31. The summed E-state index contributed by atoms with van der Waals surface area (Å²) in [5, 5.41) is 3.38. The molecule has 1 N–H and O–H groups in total. The SMILES string of the molecule is CCNCCC(C)(C)C(C)CC. The fourth-order valence-corrected chi connectivity index (χ4v) is 1.39. The summed E-state index contributed by atoms with van der Waals surface area (Å²) in [4.78, 5) is 0. The van der Waals surface area contributed by atoms with Crippen LogP contribution < -0.4 is 5.32 Å². The Morgan fingerprint density at radius 3 is 2.25 bits per heavy atom. The summed E-state index contributed by atoms with van der Waals surface area (Å²) in [6, 6.07) is 0. The molecule has 0 aliphatic heterocycles. The Balaban J connectivity index is 3.70. The van der Waals surface area contributed by atoms with Crippen LogP contribution in [0.1, 0.15) is 47.5 Å². The minimum Gasteiger partial charge on any atom is -0.317 e. The first-order valence-corrected chi connectivity index (χ1v) is 5.25. The molecule has 0 amide bonds. The van der Waals surface area contributed by atoms with Crippen molar-refractivity contribution in [2.45, 2.75) is 47.5 Å². The minimum absolute atomic E-state index is 0.497. The van der Waals surface area contributed by atoms with E-state index in [9.17, 15) is 0 Å². The van der Waals surface area contributed by atoms with E-state index in [-0.39, 0.29) is 0 Å². The minimum atomic E-state index is 0.497. The van der Waals surface area contributed by atoms with Gasteiger partial charge in [-0.3, -0.25) is 0 Å². The van der Waals surface area contributed by atoms with Gasteiger partial charge in [-0.25, -0.2) is 0 Å². The summed E-state index contributed by atoms with van der Waals surface area (Å²) in [6.45, 7) is 13.8. The summed E-state index contributed by atoms with van der Waals surface area (Å²) in [6.07, 6.45) is 2.58. The molecule has 74 valence electrons. The van der Waals surface area contributed by atoms with Crippen LogP contribution >= 0.6 is 0 Å². The maximum absolute atomic E-state index is 3.38. The predicted octanol–water partition coefficient (Wildman–Crippen LogP) is 3.06. The van der Waals surface area contributed by atoms with Gasteiger partial charge in [0.1, 0.15) is 0 Å². The van der Waals surface area contributed by atoms with Crippen LogP contribution in [0.3, 0.4) is 0 Å². The van der Waals surface area contributed by atoms with Gasteiger partial charge in [-0.2, -0.15) is 0 Å². The number of hydrogen-bond donors (Lipinski definition) is 1. The van der Waals surface area contributed by atoms with Crippen LogP contribution in [0.4, 0.5) is 0 Å². The molecular formula is C11H25N. The monoisotopic (exact) mass is 171 g/mol. The van der Waals surface area contributed by atoms with Crippen molar-refractivity contribution in [3.8, 4) is 0 Å². The molecule has 1 nitrogen and oxygen atoms in total. The van der Waals surface area contributed by atoms with Gasteiger partial charge in [-0.15, -0.1) is 0 Å². The molecule has 0 fully saturated rings. The Morgan fingerprint density at radius 1 is 1.25 bits per heavy atom. The molecule has 0 aromatic carbocycles. The largest absolute Gasteiger partial charge is 0.317 e. The zero-order chi connectivity index (χ0) is 9.61. The van der Waals surface area contributed by atoms with Crippen molar-refractivity contribution < 1.29 is 0 Å². The van der Waals surface area contributed by atoms with Crippen LogP contribution in [0.5, 0.6) is 0 Å². The lowest BCUT2D eigenvalue weighted by atomic mass is 9.76. The summed E-state index contributed by atoms with van der Waals surface area (Å²) < 4.78 is 0. The number of nitrogens with one attached hydrogen (secondary N) is 1. The average Bonchev–Trinajstić information content (AvgIpc) is 2.03. The highest BCUT2D eigenvalue weighted by atomic mass is 14.8. The molecule has 0 radical (unpaired) electrons. The van der Waals surface area contributed by atoms with Gasteiger partial charge in [0.05, 0.1) is 0 Å². The molecule has 12 heavy (non-hydrogen) atoms. The topological polar surface area (TPSA) is 12.0 Å². The standard InChI is InChI=1S/C11H25N/c1-6-10(3)11(4,5)8-9-12-7-2/h10,12H,6-9H2,1-5H3. The lowest BCUT2D eigenvalue weighted by molar-refractivity contribution is 0.205. The van der Waals surface area contributed by atoms with Crippen molar-refractivity contribution >= 4 is 0 Å². The smallest absolute Gasteiger partial charge is 0.00438 e. The van der Waals surface area contributed by atoms with Crippen LogP contribution in [-0.4, -0.2) is 13.1 Å². The lowest BCUT2D eigenvalue weighted by Gasteiger charge is -2.31. The van der Waals surface area contributed by atoms with Crippen LogP contribution in [0.25, 0.3) is 0 Å². The van der Waals surface area contributed by atoms with Crippen molar-refractivity contribution in [2.24, 2.45) is 11.3 Å². The van der Waals surface area contributed by atoms with Gasteiger partial charge in [-0.05, 0) is 30.8 Å². The summed E-state index contributed by atoms with van der Waals surface area (Å²) in [5.74, 6) is 0.830. The van der Waals surface area contributed by atoms with Gasteiger partial charge in [-0.1, -0.05) is 41.0 Å². The molecule has 0 rings (SSSR count). The molecule has 0 saturated heterocycles. The van der Waals surface area contributed by atoms with Gasteiger partial charge in [0.2, 0.25) is 0 Å². The van der Waals surface area contributed by atoms with Crippen LogP contribution in [-0.2, 0) is 0 Å². The third-order valence-electron chi connectivity index (χ3n) is 3.14. The van der Waals surface area contributed by atoms with E-state index in [1.54, 1.807) is 0 Å². The fourth-order valence-electron chi connectivity index (χ4n) is 1.39. The zero-order valence-electron chi connectivity index (χ0n) is 9.41. The Kier molecular flexibility index (Phi) is 5.56. The molecule has 1 heteroatoms. The van der Waals surface area contributed by atoms with Crippen LogP contribution in [0, 0.1) is 11.3 Å². The van der Waals surface area contributed by atoms with Gasteiger partial charge >= 0.3 is 0 Å². The normalized spacial score (nSPS) is 14.8. The zero-order valence-corrected chi connectivity index (χ0v) is 9.41. The van der Waals surface area contributed by atoms with Crippen molar-refractivity contribution in [1.82, 2.24) is 5.32 Å². The third-order valence-corrected chi connectivity index (χ3v) is 3.14. The predicted molar refractivity (Wildman–Crippen MR) is 56.4 cm³/mol. The van der Waals surface area contributed by atoms with E-state index in [0.29, 0.717) is 5.41 Å². The number of rotatable bonds is 6. The molecule has 1 unspecified atom stereocenters.